The van der Waals surface area contributed by atoms with Gasteiger partial charge in [0.2, 0.25) is 5.95 Å². The predicted molar refractivity (Wildman–Crippen MR) is 145 cm³/mol. The van der Waals surface area contributed by atoms with Gasteiger partial charge in [-0.1, -0.05) is 72.9 Å². The molecule has 37 heavy (non-hydrogen) atoms. The maximum absolute atomic E-state index is 13.8. The minimum atomic E-state index is -0.605. The monoisotopic (exact) mass is 496 g/mol. The van der Waals surface area contributed by atoms with Gasteiger partial charge in [-0.2, -0.15) is 4.98 Å². The first kappa shape index (κ1) is 24.8. The number of ketones is 1. The molecule has 2 radical (unpaired) electrons. The van der Waals surface area contributed by atoms with Gasteiger partial charge >= 0.3 is 5.69 Å². The average molecular weight is 496 g/mol. The molecule has 2 aromatic heterocycles. The zero-order chi connectivity index (χ0) is 26.1. The number of nitrogens with zero attached hydrogens (tertiary/aromatic N) is 4. The average Bonchev–Trinajstić information content (AvgIpc) is 3.26. The summed E-state index contributed by atoms with van der Waals surface area (Å²) in [7, 11) is 7.79. The first-order chi connectivity index (χ1) is 17.8. The van der Waals surface area contributed by atoms with Crippen molar-refractivity contribution >= 4 is 36.2 Å². The van der Waals surface area contributed by atoms with Crippen LogP contribution in [-0.4, -0.2) is 44.4 Å². The topological polar surface area (TPSA) is 117 Å². The minimum absolute atomic E-state index is 0.0173. The molecule has 0 spiro atoms. The highest BCUT2D eigenvalue weighted by Gasteiger charge is 2.26. The lowest BCUT2D eigenvalue weighted by molar-refractivity contribution is 0.0969. The number of nitrogens with one attached hydrogen (secondary N) is 1. The van der Waals surface area contributed by atoms with E-state index in [4.69, 9.17) is 13.6 Å². The van der Waals surface area contributed by atoms with Gasteiger partial charge in [0.15, 0.2) is 16.9 Å². The number of aryl methyl sites for hydroxylation is 1. The summed E-state index contributed by atoms with van der Waals surface area (Å²) in [5.74, 6) is 0.115. The lowest BCUT2D eigenvalue weighted by Crippen LogP contribution is -2.43. The highest BCUT2D eigenvalue weighted by molar-refractivity contribution is 6.33. The molecular formula is C27H29BN6O3. The van der Waals surface area contributed by atoms with E-state index < -0.39 is 11.2 Å². The van der Waals surface area contributed by atoms with Crippen LogP contribution < -0.4 is 27.8 Å². The standard InChI is InChI=1S/C27H29BN6O3/c1-32-24-23(25(36)34(27(32)37)16-22(35)17-9-3-2-4-10-17)33(15-18-11-5-6-12-19(18)28)26(31-24)30-21-14-8-7-13-20(21)29/h2-6,9-12,20-21H,7-8,13-16,29H2,1H3,(H,30,31)/t20-,21+/m1/s1. The Bertz CT molecular complexity index is 1570. The molecule has 1 aliphatic rings. The zero-order valence-corrected chi connectivity index (χ0v) is 20.8. The summed E-state index contributed by atoms with van der Waals surface area (Å²) in [4.78, 5) is 44.6. The van der Waals surface area contributed by atoms with E-state index >= 15 is 0 Å². The van der Waals surface area contributed by atoms with E-state index in [0.717, 1.165) is 35.8 Å². The number of imidazole rings is 1. The maximum atomic E-state index is 13.8. The number of hydrogen-bond acceptors (Lipinski definition) is 6. The molecule has 1 fully saturated rings. The largest absolute Gasteiger partial charge is 0.351 e. The summed E-state index contributed by atoms with van der Waals surface area (Å²) in [6, 6.07) is 15.9. The fraction of sp³-hybridized carbons (Fsp3) is 0.333. The highest BCUT2D eigenvalue weighted by Crippen LogP contribution is 2.23. The van der Waals surface area contributed by atoms with Crippen LogP contribution in [0.5, 0.6) is 0 Å². The van der Waals surface area contributed by atoms with E-state index in [1.54, 1.807) is 48.0 Å². The Labute approximate surface area is 215 Å². The Balaban J connectivity index is 1.66. The third-order valence-electron chi connectivity index (χ3n) is 7.15. The van der Waals surface area contributed by atoms with Gasteiger partial charge in [0.05, 0.1) is 13.1 Å². The van der Waals surface area contributed by atoms with Gasteiger partial charge in [0.25, 0.3) is 5.56 Å². The molecule has 0 bridgehead atoms. The lowest BCUT2D eigenvalue weighted by Gasteiger charge is -2.29. The molecule has 2 atom stereocenters. The number of benzene rings is 2. The smallest absolute Gasteiger partial charge is 0.332 e. The summed E-state index contributed by atoms with van der Waals surface area (Å²) in [5.41, 5.74) is 7.47. The first-order valence-corrected chi connectivity index (χ1v) is 12.5. The lowest BCUT2D eigenvalue weighted by atomic mass is 9.90. The SMILES string of the molecule is [B]c1ccccc1Cn1c(N[C@H]2CCCC[C@H]2N)nc2c1c(=O)n(CC(=O)c1ccccc1)c(=O)n2C. The summed E-state index contributed by atoms with van der Waals surface area (Å²) in [5, 5.41) is 3.44. The van der Waals surface area contributed by atoms with Crippen LogP contribution in [-0.2, 0) is 20.1 Å². The summed E-state index contributed by atoms with van der Waals surface area (Å²) in [6.45, 7) is -0.117. The van der Waals surface area contributed by atoms with E-state index in [-0.39, 0.29) is 42.1 Å². The zero-order valence-electron chi connectivity index (χ0n) is 20.8. The molecule has 0 aliphatic heterocycles. The van der Waals surface area contributed by atoms with Gasteiger partial charge in [-0.15, -0.1) is 0 Å². The van der Waals surface area contributed by atoms with Gasteiger partial charge in [-0.05, 0) is 18.4 Å². The van der Waals surface area contributed by atoms with Gasteiger partial charge in [-0.25, -0.2) is 4.79 Å². The number of aromatic nitrogens is 4. The molecule has 4 aromatic rings. The third-order valence-corrected chi connectivity index (χ3v) is 7.15. The highest BCUT2D eigenvalue weighted by atomic mass is 16.2. The van der Waals surface area contributed by atoms with Crippen LogP contribution in [0, 0.1) is 0 Å². The van der Waals surface area contributed by atoms with Crippen LogP contribution in [0.1, 0.15) is 41.6 Å². The third kappa shape index (κ3) is 4.76. The Morgan fingerprint density at radius 2 is 1.76 bits per heavy atom. The van der Waals surface area contributed by atoms with Gasteiger partial charge in [-0.3, -0.25) is 23.3 Å². The number of nitrogens with two attached hydrogens (primary N) is 1. The molecule has 2 heterocycles. The fourth-order valence-electron chi connectivity index (χ4n) is 4.99. The van der Waals surface area contributed by atoms with Crippen LogP contribution in [0.4, 0.5) is 5.95 Å². The second kappa shape index (κ2) is 10.2. The summed E-state index contributed by atoms with van der Waals surface area (Å²) in [6.07, 6.45) is 3.90. The molecule has 9 nitrogen and oxygen atoms in total. The van der Waals surface area contributed by atoms with Crippen LogP contribution in [0.2, 0.25) is 0 Å². The van der Waals surface area contributed by atoms with Crippen molar-refractivity contribution in [2.24, 2.45) is 12.8 Å². The second-order valence-corrected chi connectivity index (χ2v) is 9.61. The van der Waals surface area contributed by atoms with Crippen molar-refractivity contribution in [3.05, 3.63) is 86.6 Å². The molecule has 0 saturated heterocycles. The molecule has 0 amide bonds. The van der Waals surface area contributed by atoms with E-state index in [0.29, 0.717) is 17.0 Å². The first-order valence-electron chi connectivity index (χ1n) is 12.5. The van der Waals surface area contributed by atoms with Crippen molar-refractivity contribution in [1.29, 1.82) is 0 Å². The number of carbonyl (C=O) groups excluding carboxylic acids is 1. The van der Waals surface area contributed by atoms with Crippen molar-refractivity contribution in [2.45, 2.75) is 50.9 Å². The van der Waals surface area contributed by atoms with Crippen LogP contribution in [0.25, 0.3) is 11.2 Å². The molecular weight excluding hydrogens is 467 g/mol. The van der Waals surface area contributed by atoms with E-state index in [9.17, 15) is 14.4 Å². The fourth-order valence-corrected chi connectivity index (χ4v) is 4.99. The van der Waals surface area contributed by atoms with Crippen molar-refractivity contribution < 1.29 is 4.79 Å². The van der Waals surface area contributed by atoms with Crippen LogP contribution >= 0.6 is 0 Å². The second-order valence-electron chi connectivity index (χ2n) is 9.61. The maximum Gasteiger partial charge on any atom is 0.332 e. The van der Waals surface area contributed by atoms with Crippen LogP contribution in [0.15, 0.2) is 64.2 Å². The van der Waals surface area contributed by atoms with Gasteiger partial charge < -0.3 is 11.1 Å². The molecule has 1 aliphatic carbocycles. The summed E-state index contributed by atoms with van der Waals surface area (Å²) < 4.78 is 4.03. The van der Waals surface area contributed by atoms with Crippen molar-refractivity contribution in [2.75, 3.05) is 5.32 Å². The molecule has 188 valence electrons. The predicted octanol–water partition coefficient (Wildman–Crippen LogP) is 1.30. The number of rotatable bonds is 7. The molecule has 10 heteroatoms. The molecule has 2 aromatic carbocycles. The number of hydrogen-bond donors (Lipinski definition) is 2. The van der Waals surface area contributed by atoms with E-state index in [2.05, 4.69) is 10.3 Å². The number of anilines is 1. The summed E-state index contributed by atoms with van der Waals surface area (Å²) >= 11 is 0. The van der Waals surface area contributed by atoms with Gasteiger partial charge in [0, 0.05) is 24.7 Å². The molecule has 0 unspecified atom stereocenters. The van der Waals surface area contributed by atoms with Gasteiger partial charge in [0.1, 0.15) is 7.85 Å². The normalized spacial score (nSPS) is 17.7. The number of Topliss-reactive ketones (excluding diaryl/α,β-unsaturated/α-hetero) is 1. The number of fused-ring (bicyclic) bond motifs is 1. The molecule has 5 rings (SSSR count). The Hall–Kier alpha value is -3.92. The molecule has 3 N–H and O–H groups in total. The Morgan fingerprint density at radius 1 is 1.05 bits per heavy atom. The Morgan fingerprint density at radius 3 is 2.49 bits per heavy atom. The van der Waals surface area contributed by atoms with E-state index in [1.165, 1.54) is 4.57 Å². The van der Waals surface area contributed by atoms with Crippen molar-refractivity contribution in [3.63, 3.8) is 0 Å². The van der Waals surface area contributed by atoms with Crippen LogP contribution in [0.3, 0.4) is 0 Å². The molecule has 1 saturated carbocycles. The minimum Gasteiger partial charge on any atom is -0.351 e. The van der Waals surface area contributed by atoms with Crippen molar-refractivity contribution in [1.82, 2.24) is 18.7 Å². The number of carbonyl (C=O) groups is 1. The quantitative estimate of drug-likeness (QED) is 0.294. The van der Waals surface area contributed by atoms with Crippen molar-refractivity contribution in [3.8, 4) is 0 Å². The Kier molecular flexibility index (Phi) is 6.84. The van der Waals surface area contributed by atoms with E-state index in [1.807, 2.05) is 18.2 Å².